The fourth-order valence-electron chi connectivity index (χ4n) is 1.03. The van der Waals surface area contributed by atoms with E-state index in [-0.39, 0.29) is 0 Å². The molecule has 0 amide bonds. The molecule has 10 heteroatoms. The van der Waals surface area contributed by atoms with E-state index in [1.165, 1.54) is 0 Å². The molecule has 0 bridgehead atoms. The lowest BCUT2D eigenvalue weighted by Gasteiger charge is -2.07. The second-order valence-electron chi connectivity index (χ2n) is 3.23. The van der Waals surface area contributed by atoms with E-state index in [4.69, 9.17) is 10.9 Å². The molecule has 18 heavy (non-hydrogen) atoms. The molecule has 3 N–H and O–H groups in total. The number of nitrogens with zero attached hydrogens (tertiary/aromatic N) is 2. The van der Waals surface area contributed by atoms with Crippen LogP contribution in [0.2, 0.25) is 0 Å². The Kier molecular flexibility index (Phi) is 3.79. The van der Waals surface area contributed by atoms with Crippen LogP contribution in [-0.2, 0) is 16.0 Å². The summed E-state index contributed by atoms with van der Waals surface area (Å²) in [5, 5.41) is 10.1. The number of aromatic nitrogens is 1. The van der Waals surface area contributed by atoms with Gasteiger partial charge < -0.3 is 10.9 Å². The number of sulfone groups is 1. The molecule has 0 radical (unpaired) electrons. The van der Waals surface area contributed by atoms with E-state index in [0.29, 0.717) is 18.3 Å². The number of pyridine rings is 1. The molecule has 1 heterocycles. The van der Waals surface area contributed by atoms with Crippen LogP contribution in [0, 0.1) is 0 Å². The average Bonchev–Trinajstić information content (AvgIpc) is 2.27. The lowest BCUT2D eigenvalue weighted by Crippen LogP contribution is -2.24. The molecule has 0 aliphatic carbocycles. The third-order valence-electron chi connectivity index (χ3n) is 1.85. The molecule has 0 aliphatic heterocycles. The Morgan fingerprint density at radius 2 is 2.06 bits per heavy atom. The van der Waals surface area contributed by atoms with E-state index in [2.05, 4.69) is 10.1 Å². The normalized spacial score (nSPS) is 13.6. The number of hydrogen-bond acceptors (Lipinski definition) is 5. The molecule has 0 aromatic carbocycles. The molecule has 0 aliphatic rings. The van der Waals surface area contributed by atoms with Gasteiger partial charge in [-0.25, -0.2) is 13.4 Å². The van der Waals surface area contributed by atoms with E-state index < -0.39 is 38.2 Å². The van der Waals surface area contributed by atoms with Crippen LogP contribution >= 0.6 is 0 Å². The SMILES string of the molecule is N/C(CS(=O)(=O)c1ccc(C(F)(F)F)cn1)=N\O. The Labute approximate surface area is 99.9 Å². The largest absolute Gasteiger partial charge is 0.417 e. The van der Waals surface area contributed by atoms with E-state index in [9.17, 15) is 21.6 Å². The summed E-state index contributed by atoms with van der Waals surface area (Å²) in [6.07, 6.45) is -4.19. The molecular weight excluding hydrogens is 275 g/mol. The number of halogens is 3. The summed E-state index contributed by atoms with van der Waals surface area (Å²) in [6, 6.07) is 1.30. The first-order valence-corrected chi connectivity index (χ1v) is 6.04. The molecule has 100 valence electrons. The van der Waals surface area contributed by atoms with Gasteiger partial charge in [0.2, 0.25) is 9.84 Å². The van der Waals surface area contributed by atoms with Gasteiger partial charge >= 0.3 is 6.18 Å². The highest BCUT2D eigenvalue weighted by Gasteiger charge is 2.31. The summed E-state index contributed by atoms with van der Waals surface area (Å²) < 4.78 is 59.8. The first kappa shape index (κ1) is 14.2. The zero-order valence-corrected chi connectivity index (χ0v) is 9.53. The first-order chi connectivity index (χ1) is 8.16. The molecule has 0 saturated carbocycles. The fraction of sp³-hybridized carbons (Fsp3) is 0.250. The minimum Gasteiger partial charge on any atom is -0.409 e. The van der Waals surface area contributed by atoms with E-state index in [0.717, 1.165) is 0 Å². The third kappa shape index (κ3) is 3.32. The third-order valence-corrected chi connectivity index (χ3v) is 3.40. The van der Waals surface area contributed by atoms with E-state index >= 15 is 0 Å². The molecule has 0 fully saturated rings. The van der Waals surface area contributed by atoms with Crippen LogP contribution in [-0.4, -0.2) is 30.2 Å². The van der Waals surface area contributed by atoms with Gasteiger partial charge in [0.25, 0.3) is 0 Å². The highest BCUT2D eigenvalue weighted by atomic mass is 32.2. The minimum atomic E-state index is -4.60. The average molecular weight is 283 g/mol. The van der Waals surface area contributed by atoms with Crippen LogP contribution in [0.15, 0.2) is 28.5 Å². The number of amidine groups is 1. The van der Waals surface area contributed by atoms with E-state index in [1.807, 2.05) is 0 Å². The second kappa shape index (κ2) is 4.80. The topological polar surface area (TPSA) is 106 Å². The van der Waals surface area contributed by atoms with Gasteiger partial charge in [-0.15, -0.1) is 0 Å². The fourth-order valence-corrected chi connectivity index (χ4v) is 2.11. The van der Waals surface area contributed by atoms with Crippen molar-refractivity contribution >= 4 is 15.7 Å². The predicted molar refractivity (Wildman–Crippen MR) is 54.7 cm³/mol. The Bertz CT molecular complexity index is 551. The maximum absolute atomic E-state index is 12.2. The van der Waals surface area contributed by atoms with Crippen molar-refractivity contribution in [3.63, 3.8) is 0 Å². The molecule has 0 atom stereocenters. The van der Waals surface area contributed by atoms with Crippen molar-refractivity contribution in [2.24, 2.45) is 10.9 Å². The smallest absolute Gasteiger partial charge is 0.409 e. The van der Waals surface area contributed by atoms with Crippen molar-refractivity contribution < 1.29 is 26.8 Å². The van der Waals surface area contributed by atoms with Crippen LogP contribution in [0.4, 0.5) is 13.2 Å². The maximum atomic E-state index is 12.2. The summed E-state index contributed by atoms with van der Waals surface area (Å²) in [7, 11) is -4.03. The second-order valence-corrected chi connectivity index (χ2v) is 5.17. The highest BCUT2D eigenvalue weighted by molar-refractivity contribution is 7.92. The summed E-state index contributed by atoms with van der Waals surface area (Å²) in [5.41, 5.74) is 3.94. The van der Waals surface area contributed by atoms with Crippen molar-refractivity contribution in [1.82, 2.24) is 4.98 Å². The summed E-state index contributed by atoms with van der Waals surface area (Å²) in [4.78, 5) is 3.20. The minimum absolute atomic E-state index is 0.402. The standard InChI is InChI=1S/C8H8F3N3O3S/c9-8(10,11)5-1-2-7(13-3-5)18(16,17)4-6(12)14-15/h1-3,15H,4H2,(H2,12,14). The Morgan fingerprint density at radius 3 is 2.44 bits per heavy atom. The molecule has 0 saturated heterocycles. The van der Waals surface area contributed by atoms with Gasteiger partial charge in [-0.3, -0.25) is 0 Å². The molecule has 1 aromatic heterocycles. The van der Waals surface area contributed by atoms with Gasteiger partial charge in [0, 0.05) is 6.20 Å². The quantitative estimate of drug-likeness (QED) is 0.366. The van der Waals surface area contributed by atoms with Crippen LogP contribution in [0.25, 0.3) is 0 Å². The lowest BCUT2D eigenvalue weighted by atomic mass is 10.3. The van der Waals surface area contributed by atoms with Crippen LogP contribution in [0.5, 0.6) is 0 Å². The first-order valence-electron chi connectivity index (χ1n) is 4.39. The van der Waals surface area contributed by atoms with Crippen molar-refractivity contribution in [3.05, 3.63) is 23.9 Å². The van der Waals surface area contributed by atoms with Crippen LogP contribution < -0.4 is 5.73 Å². The van der Waals surface area contributed by atoms with Gasteiger partial charge in [0.05, 0.1) is 5.56 Å². The molecular formula is C8H8F3N3O3S. The number of alkyl halides is 3. The molecule has 0 spiro atoms. The van der Waals surface area contributed by atoms with Crippen LogP contribution in [0.3, 0.4) is 0 Å². The molecule has 1 aromatic rings. The number of oxime groups is 1. The highest BCUT2D eigenvalue weighted by Crippen LogP contribution is 2.28. The van der Waals surface area contributed by atoms with Gasteiger partial charge in [-0.1, -0.05) is 5.16 Å². The summed E-state index contributed by atoms with van der Waals surface area (Å²) in [6.45, 7) is 0. The molecule has 6 nitrogen and oxygen atoms in total. The summed E-state index contributed by atoms with van der Waals surface area (Å²) >= 11 is 0. The van der Waals surface area contributed by atoms with Gasteiger partial charge in [-0.05, 0) is 12.1 Å². The van der Waals surface area contributed by atoms with Gasteiger partial charge in [-0.2, -0.15) is 13.2 Å². The number of rotatable bonds is 3. The van der Waals surface area contributed by atoms with Crippen molar-refractivity contribution in [3.8, 4) is 0 Å². The lowest BCUT2D eigenvalue weighted by molar-refractivity contribution is -0.137. The van der Waals surface area contributed by atoms with E-state index in [1.54, 1.807) is 0 Å². The Hall–Kier alpha value is -1.84. The van der Waals surface area contributed by atoms with Crippen molar-refractivity contribution in [2.75, 3.05) is 5.75 Å². The van der Waals surface area contributed by atoms with Crippen LogP contribution in [0.1, 0.15) is 5.56 Å². The number of hydrogen-bond donors (Lipinski definition) is 2. The Morgan fingerprint density at radius 1 is 1.44 bits per heavy atom. The molecule has 0 unspecified atom stereocenters. The predicted octanol–water partition coefficient (Wildman–Crippen LogP) is 0.621. The monoisotopic (exact) mass is 283 g/mol. The summed E-state index contributed by atoms with van der Waals surface area (Å²) in [5.74, 6) is -1.42. The Balaban J connectivity index is 3.06. The van der Waals surface area contributed by atoms with Gasteiger partial charge in [0.1, 0.15) is 5.75 Å². The maximum Gasteiger partial charge on any atom is 0.417 e. The zero-order chi connectivity index (χ0) is 14.0. The van der Waals surface area contributed by atoms with Crippen molar-refractivity contribution in [1.29, 1.82) is 0 Å². The van der Waals surface area contributed by atoms with Crippen molar-refractivity contribution in [2.45, 2.75) is 11.2 Å². The molecule has 1 rings (SSSR count). The van der Waals surface area contributed by atoms with Gasteiger partial charge in [0.15, 0.2) is 10.9 Å². The zero-order valence-electron chi connectivity index (χ0n) is 8.72. The number of nitrogens with two attached hydrogens (primary N) is 1.